The van der Waals surface area contributed by atoms with Gasteiger partial charge in [0.2, 0.25) is 5.91 Å². The second kappa shape index (κ2) is 10.9. The third-order valence-corrected chi connectivity index (χ3v) is 6.43. The van der Waals surface area contributed by atoms with Crippen molar-refractivity contribution in [3.05, 3.63) is 64.9 Å². The number of hydrogen-bond acceptors (Lipinski definition) is 5. The fourth-order valence-electron chi connectivity index (χ4n) is 3.54. The van der Waals surface area contributed by atoms with Crippen LogP contribution in [0.2, 0.25) is 5.02 Å². The summed E-state index contributed by atoms with van der Waals surface area (Å²) in [5.74, 6) is 0.502. The average Bonchev–Trinajstić information content (AvgIpc) is 3.45. The summed E-state index contributed by atoms with van der Waals surface area (Å²) < 4.78 is 21.1. The number of thioether (sulfide) groups is 1. The Kier molecular flexibility index (Phi) is 7.78. The highest BCUT2D eigenvalue weighted by molar-refractivity contribution is 7.99. The minimum Gasteiger partial charge on any atom is -0.376 e. The van der Waals surface area contributed by atoms with Crippen molar-refractivity contribution in [2.75, 3.05) is 18.9 Å². The number of nitrogens with one attached hydrogen (secondary N) is 1. The number of halogens is 2. The first-order valence-electron chi connectivity index (χ1n) is 10.5. The predicted octanol–water partition coefficient (Wildman–Crippen LogP) is 4.37. The maximum absolute atomic E-state index is 13.4. The van der Waals surface area contributed by atoms with E-state index in [-0.39, 0.29) is 23.6 Å². The van der Waals surface area contributed by atoms with Crippen LogP contribution in [0.15, 0.2) is 53.7 Å². The Morgan fingerprint density at radius 1 is 1.19 bits per heavy atom. The molecule has 1 aliphatic rings. The fourth-order valence-corrected chi connectivity index (χ4v) is 4.45. The monoisotopic (exact) mass is 474 g/mol. The van der Waals surface area contributed by atoms with Crippen LogP contribution in [0, 0.1) is 5.82 Å². The van der Waals surface area contributed by atoms with Gasteiger partial charge >= 0.3 is 0 Å². The molecule has 1 fully saturated rings. The number of rotatable bonds is 9. The van der Waals surface area contributed by atoms with Crippen molar-refractivity contribution in [3.63, 3.8) is 0 Å². The highest BCUT2D eigenvalue weighted by Crippen LogP contribution is 2.26. The minimum absolute atomic E-state index is 0.0704. The molecule has 0 radical (unpaired) electrons. The molecule has 6 nitrogen and oxygen atoms in total. The van der Waals surface area contributed by atoms with E-state index < -0.39 is 0 Å². The zero-order valence-corrected chi connectivity index (χ0v) is 19.0. The molecule has 4 rings (SSSR count). The molecule has 9 heteroatoms. The van der Waals surface area contributed by atoms with Gasteiger partial charge in [0.1, 0.15) is 5.82 Å². The number of carbonyl (C=O) groups is 1. The Balaban J connectivity index is 1.37. The van der Waals surface area contributed by atoms with E-state index in [2.05, 4.69) is 15.5 Å². The van der Waals surface area contributed by atoms with E-state index in [1.54, 1.807) is 12.1 Å². The smallest absolute Gasteiger partial charge is 0.230 e. The van der Waals surface area contributed by atoms with Crippen LogP contribution in [0.3, 0.4) is 0 Å². The van der Waals surface area contributed by atoms with Gasteiger partial charge in [-0.25, -0.2) is 4.39 Å². The second-order valence-electron chi connectivity index (χ2n) is 7.57. The van der Waals surface area contributed by atoms with Gasteiger partial charge in [-0.2, -0.15) is 0 Å². The molecule has 1 unspecified atom stereocenters. The van der Waals surface area contributed by atoms with Crippen molar-refractivity contribution in [2.24, 2.45) is 0 Å². The highest BCUT2D eigenvalue weighted by Gasteiger charge is 2.22. The molecule has 1 saturated heterocycles. The first-order chi connectivity index (χ1) is 15.6. The highest BCUT2D eigenvalue weighted by atomic mass is 35.5. The lowest BCUT2D eigenvalue weighted by Crippen LogP contribution is -2.27. The summed E-state index contributed by atoms with van der Waals surface area (Å²) in [6.07, 6.45) is 2.81. The zero-order chi connectivity index (χ0) is 22.3. The van der Waals surface area contributed by atoms with Gasteiger partial charge in [0.15, 0.2) is 11.0 Å². The van der Waals surface area contributed by atoms with E-state index in [4.69, 9.17) is 16.3 Å². The molecule has 0 spiro atoms. The van der Waals surface area contributed by atoms with Crippen molar-refractivity contribution in [1.82, 2.24) is 20.1 Å². The number of carbonyl (C=O) groups excluding carboxylic acids is 1. The maximum Gasteiger partial charge on any atom is 0.230 e. The van der Waals surface area contributed by atoms with Crippen LogP contribution < -0.4 is 5.32 Å². The third kappa shape index (κ3) is 6.09. The largest absolute Gasteiger partial charge is 0.376 e. The van der Waals surface area contributed by atoms with Crippen LogP contribution in [0.5, 0.6) is 0 Å². The lowest BCUT2D eigenvalue weighted by atomic mass is 10.1. The Labute approximate surface area is 195 Å². The van der Waals surface area contributed by atoms with Gasteiger partial charge in [-0.15, -0.1) is 10.2 Å². The molecule has 0 aliphatic carbocycles. The van der Waals surface area contributed by atoms with Crippen molar-refractivity contribution in [2.45, 2.75) is 37.1 Å². The molecule has 1 amide bonds. The Morgan fingerprint density at radius 3 is 2.69 bits per heavy atom. The van der Waals surface area contributed by atoms with Crippen LogP contribution in [-0.2, 0) is 22.5 Å². The summed E-state index contributed by atoms with van der Waals surface area (Å²) >= 11 is 7.24. The summed E-state index contributed by atoms with van der Waals surface area (Å²) in [6, 6.07) is 13.8. The SMILES string of the molecule is O=C(CSc1nnc(-c2ccc(F)cc2)n1CC1CCCO1)NCCc1ccc(Cl)cc1. The van der Waals surface area contributed by atoms with Crippen molar-refractivity contribution < 1.29 is 13.9 Å². The quantitative estimate of drug-likeness (QED) is 0.466. The Bertz CT molecular complexity index is 1040. The van der Waals surface area contributed by atoms with Crippen molar-refractivity contribution >= 4 is 29.3 Å². The summed E-state index contributed by atoms with van der Waals surface area (Å²) in [4.78, 5) is 12.4. The molecule has 1 N–H and O–H groups in total. The summed E-state index contributed by atoms with van der Waals surface area (Å²) in [5, 5.41) is 12.9. The molecular formula is C23H24ClFN4O2S. The second-order valence-corrected chi connectivity index (χ2v) is 8.95. The molecule has 1 atom stereocenters. The molecule has 2 aromatic carbocycles. The van der Waals surface area contributed by atoms with Gasteiger partial charge in [0, 0.05) is 23.7 Å². The summed E-state index contributed by atoms with van der Waals surface area (Å²) in [7, 11) is 0. The number of nitrogens with zero attached hydrogens (tertiary/aromatic N) is 3. The molecule has 0 bridgehead atoms. The topological polar surface area (TPSA) is 69.0 Å². The minimum atomic E-state index is -0.302. The zero-order valence-electron chi connectivity index (χ0n) is 17.5. The number of benzene rings is 2. The number of hydrogen-bond donors (Lipinski definition) is 1. The summed E-state index contributed by atoms with van der Waals surface area (Å²) in [6.45, 7) is 1.89. The van der Waals surface area contributed by atoms with Crippen LogP contribution in [0.25, 0.3) is 11.4 Å². The van der Waals surface area contributed by atoms with Crippen LogP contribution in [0.1, 0.15) is 18.4 Å². The van der Waals surface area contributed by atoms with Gasteiger partial charge in [-0.1, -0.05) is 35.5 Å². The van der Waals surface area contributed by atoms with Crippen molar-refractivity contribution in [1.29, 1.82) is 0 Å². The third-order valence-electron chi connectivity index (χ3n) is 5.21. The molecule has 32 heavy (non-hydrogen) atoms. The molecule has 168 valence electrons. The maximum atomic E-state index is 13.4. The van der Waals surface area contributed by atoms with E-state index in [1.165, 1.54) is 23.9 Å². The van der Waals surface area contributed by atoms with E-state index in [0.29, 0.717) is 29.1 Å². The molecular weight excluding hydrogens is 451 g/mol. The van der Waals surface area contributed by atoms with Crippen LogP contribution in [-0.4, -0.2) is 45.7 Å². The first kappa shape index (κ1) is 22.8. The lowest BCUT2D eigenvalue weighted by Gasteiger charge is -2.14. The van der Waals surface area contributed by atoms with E-state index >= 15 is 0 Å². The molecule has 1 aliphatic heterocycles. The van der Waals surface area contributed by atoms with Gasteiger partial charge in [-0.3, -0.25) is 9.36 Å². The lowest BCUT2D eigenvalue weighted by molar-refractivity contribution is -0.118. The Hall–Kier alpha value is -2.42. The van der Waals surface area contributed by atoms with Gasteiger partial charge in [0.05, 0.1) is 18.4 Å². The van der Waals surface area contributed by atoms with Gasteiger partial charge < -0.3 is 10.1 Å². The fraction of sp³-hybridized carbons (Fsp3) is 0.348. The standard InChI is InChI=1S/C23H24ClFN4O2S/c24-18-7-3-16(4-8-18)11-12-26-21(30)15-32-23-28-27-22(17-5-9-19(25)10-6-17)29(23)14-20-2-1-13-31-20/h3-10,20H,1-2,11-15H2,(H,26,30). The number of amides is 1. The van der Waals surface area contributed by atoms with Crippen LogP contribution >= 0.6 is 23.4 Å². The number of ether oxygens (including phenoxy) is 1. The van der Waals surface area contributed by atoms with Crippen LogP contribution in [0.4, 0.5) is 4.39 Å². The average molecular weight is 475 g/mol. The molecule has 3 aromatic rings. The van der Waals surface area contributed by atoms with Crippen molar-refractivity contribution in [3.8, 4) is 11.4 Å². The Morgan fingerprint density at radius 2 is 1.97 bits per heavy atom. The molecule has 1 aromatic heterocycles. The van der Waals surface area contributed by atoms with E-state index in [9.17, 15) is 9.18 Å². The predicted molar refractivity (Wildman–Crippen MR) is 123 cm³/mol. The molecule has 2 heterocycles. The summed E-state index contributed by atoms with van der Waals surface area (Å²) in [5.41, 5.74) is 1.89. The first-order valence-corrected chi connectivity index (χ1v) is 11.9. The normalized spacial score (nSPS) is 15.8. The van der Waals surface area contributed by atoms with Gasteiger partial charge in [0.25, 0.3) is 0 Å². The van der Waals surface area contributed by atoms with Gasteiger partial charge in [-0.05, 0) is 61.2 Å². The molecule has 0 saturated carbocycles. The van der Waals surface area contributed by atoms with E-state index in [0.717, 1.165) is 37.0 Å². The van der Waals surface area contributed by atoms with E-state index in [1.807, 2.05) is 28.8 Å². The number of aromatic nitrogens is 3.